The Morgan fingerprint density at radius 1 is 1.24 bits per heavy atom. The van der Waals surface area contributed by atoms with E-state index in [9.17, 15) is 0 Å². The molecule has 0 aliphatic rings. The molecule has 0 atom stereocenters. The molecule has 3 aromatic rings. The first-order chi connectivity index (χ1) is 12.1. The molecule has 5 nitrogen and oxygen atoms in total. The number of ether oxygens (including phenoxy) is 1. The van der Waals surface area contributed by atoms with Gasteiger partial charge in [0.05, 0.1) is 11.6 Å². The molecular weight excluding hydrogens is 381 g/mol. The number of thioether (sulfide) groups is 1. The lowest BCUT2D eigenvalue weighted by Gasteiger charge is -2.07. The third kappa shape index (κ3) is 5.29. The van der Waals surface area contributed by atoms with Crippen molar-refractivity contribution in [3.05, 3.63) is 57.7 Å². The lowest BCUT2D eigenvalue weighted by Crippen LogP contribution is -2.00. The number of rotatable bonds is 7. The van der Waals surface area contributed by atoms with Crippen LogP contribution in [0, 0.1) is 6.92 Å². The Hall–Kier alpha value is -1.89. The summed E-state index contributed by atoms with van der Waals surface area (Å²) in [6, 6.07) is 8.96. The third-order valence-electron chi connectivity index (χ3n) is 3.11. The van der Waals surface area contributed by atoms with Gasteiger partial charge in [0, 0.05) is 10.8 Å². The van der Waals surface area contributed by atoms with E-state index in [4.69, 9.17) is 32.4 Å². The highest BCUT2D eigenvalue weighted by molar-refractivity contribution is 7.99. The number of nitrogens with zero attached hydrogens (tertiary/aromatic N) is 2. The summed E-state index contributed by atoms with van der Waals surface area (Å²) in [6.45, 7) is 2.39. The summed E-state index contributed by atoms with van der Waals surface area (Å²) < 4.78 is 11.1. The highest BCUT2D eigenvalue weighted by Gasteiger charge is 2.05. The quantitative estimate of drug-likeness (QED) is 0.431. The zero-order chi connectivity index (χ0) is 17.6. The molecule has 3 rings (SSSR count). The van der Waals surface area contributed by atoms with Gasteiger partial charge in [0.15, 0.2) is 0 Å². The maximum absolute atomic E-state index is 6.05. The van der Waals surface area contributed by atoms with Crippen molar-refractivity contribution >= 4 is 47.1 Å². The van der Waals surface area contributed by atoms with Crippen molar-refractivity contribution in [1.82, 2.24) is 15.2 Å². The molecule has 1 aromatic carbocycles. The van der Waals surface area contributed by atoms with Gasteiger partial charge >= 0.3 is 0 Å². The van der Waals surface area contributed by atoms with Crippen molar-refractivity contribution in [3.8, 4) is 5.75 Å². The summed E-state index contributed by atoms with van der Waals surface area (Å²) in [5.41, 5.74) is 0. The van der Waals surface area contributed by atoms with E-state index < -0.39 is 0 Å². The van der Waals surface area contributed by atoms with E-state index in [-0.39, 0.29) is 0 Å². The van der Waals surface area contributed by atoms with Crippen LogP contribution in [0.25, 0.3) is 12.2 Å². The molecule has 0 saturated carbocycles. The Morgan fingerprint density at radius 2 is 2.12 bits per heavy atom. The zero-order valence-electron chi connectivity index (χ0n) is 13.3. The molecule has 0 spiro atoms. The molecule has 0 radical (unpaired) electrons. The molecule has 0 bridgehead atoms. The van der Waals surface area contributed by atoms with E-state index in [2.05, 4.69) is 15.2 Å². The Balaban J connectivity index is 1.46. The molecule has 0 unspecified atom stereocenters. The topological polar surface area (TPSA) is 63.9 Å². The predicted molar refractivity (Wildman–Crippen MR) is 101 cm³/mol. The highest BCUT2D eigenvalue weighted by Crippen LogP contribution is 2.27. The van der Waals surface area contributed by atoms with E-state index in [0.29, 0.717) is 39.1 Å². The number of furan rings is 1. The van der Waals surface area contributed by atoms with Crippen molar-refractivity contribution in [1.29, 1.82) is 0 Å². The molecule has 2 heterocycles. The lowest BCUT2D eigenvalue weighted by atomic mass is 10.3. The Bertz CT molecular complexity index is 876. The van der Waals surface area contributed by atoms with Gasteiger partial charge in [0.2, 0.25) is 5.16 Å². The average Bonchev–Trinajstić information content (AvgIpc) is 3.20. The van der Waals surface area contributed by atoms with E-state index in [1.54, 1.807) is 18.2 Å². The summed E-state index contributed by atoms with van der Waals surface area (Å²) in [4.78, 5) is 4.37. The molecule has 0 aliphatic carbocycles. The number of nitrogens with one attached hydrogen (secondary N) is 1. The first-order valence-corrected chi connectivity index (χ1v) is 9.22. The second kappa shape index (κ2) is 8.47. The minimum absolute atomic E-state index is 0.484. The van der Waals surface area contributed by atoms with Crippen molar-refractivity contribution in [2.75, 3.05) is 12.4 Å². The first-order valence-electron chi connectivity index (χ1n) is 7.48. The van der Waals surface area contributed by atoms with Crippen LogP contribution in [0.4, 0.5) is 0 Å². The smallest absolute Gasteiger partial charge is 0.208 e. The van der Waals surface area contributed by atoms with Gasteiger partial charge in [0.1, 0.15) is 23.1 Å². The number of aryl methyl sites for hydroxylation is 1. The Labute approximate surface area is 159 Å². The van der Waals surface area contributed by atoms with Crippen LogP contribution in [0.3, 0.4) is 0 Å². The van der Waals surface area contributed by atoms with Crippen molar-refractivity contribution < 1.29 is 9.15 Å². The fourth-order valence-corrected chi connectivity index (χ4v) is 3.06. The van der Waals surface area contributed by atoms with Crippen LogP contribution in [-0.4, -0.2) is 27.5 Å². The monoisotopic (exact) mass is 395 g/mol. The summed E-state index contributed by atoms with van der Waals surface area (Å²) in [7, 11) is 0. The fourth-order valence-electron chi connectivity index (χ4n) is 1.98. The lowest BCUT2D eigenvalue weighted by molar-refractivity contribution is 0.344. The maximum Gasteiger partial charge on any atom is 0.208 e. The molecule has 2 aromatic heterocycles. The van der Waals surface area contributed by atoms with Crippen LogP contribution in [0.1, 0.15) is 17.3 Å². The highest BCUT2D eigenvalue weighted by atomic mass is 35.5. The third-order valence-corrected chi connectivity index (χ3v) is 4.46. The number of hydrogen-bond donors (Lipinski definition) is 1. The van der Waals surface area contributed by atoms with Crippen LogP contribution in [-0.2, 0) is 0 Å². The van der Waals surface area contributed by atoms with Gasteiger partial charge in [-0.2, -0.15) is 0 Å². The van der Waals surface area contributed by atoms with Crippen LogP contribution >= 0.6 is 35.0 Å². The van der Waals surface area contributed by atoms with E-state index in [1.807, 2.05) is 31.2 Å². The molecule has 0 fully saturated rings. The van der Waals surface area contributed by atoms with Gasteiger partial charge in [-0.1, -0.05) is 35.0 Å². The summed E-state index contributed by atoms with van der Waals surface area (Å²) >= 11 is 13.4. The summed E-state index contributed by atoms with van der Waals surface area (Å²) in [6.07, 6.45) is 3.66. The number of halogens is 2. The second-order valence-corrected chi connectivity index (χ2v) is 6.96. The van der Waals surface area contributed by atoms with Crippen molar-refractivity contribution in [3.63, 3.8) is 0 Å². The molecule has 25 heavy (non-hydrogen) atoms. The number of aromatic amines is 1. The molecule has 8 heteroatoms. The van der Waals surface area contributed by atoms with Gasteiger partial charge in [-0.05, 0) is 49.4 Å². The normalized spacial score (nSPS) is 11.3. The van der Waals surface area contributed by atoms with Crippen molar-refractivity contribution in [2.24, 2.45) is 0 Å². The summed E-state index contributed by atoms with van der Waals surface area (Å²) in [5, 5.41) is 8.75. The molecule has 1 N–H and O–H groups in total. The first kappa shape index (κ1) is 17.9. The zero-order valence-corrected chi connectivity index (χ0v) is 15.7. The minimum atomic E-state index is 0.484. The largest absolute Gasteiger partial charge is 0.491 e. The number of benzene rings is 1. The predicted octanol–water partition coefficient (Wildman–Crippen LogP) is 5.35. The van der Waals surface area contributed by atoms with Gasteiger partial charge in [0.25, 0.3) is 0 Å². The Kier molecular flexibility index (Phi) is 6.07. The van der Waals surface area contributed by atoms with Gasteiger partial charge in [-0.15, -0.1) is 5.10 Å². The number of H-pyrrole nitrogens is 1. The van der Waals surface area contributed by atoms with Crippen LogP contribution in [0.2, 0.25) is 10.0 Å². The Morgan fingerprint density at radius 3 is 2.88 bits per heavy atom. The van der Waals surface area contributed by atoms with E-state index in [1.165, 1.54) is 11.8 Å². The fraction of sp³-hybridized carbons (Fsp3) is 0.176. The minimum Gasteiger partial charge on any atom is -0.491 e. The van der Waals surface area contributed by atoms with Crippen LogP contribution in [0.15, 0.2) is 39.9 Å². The SMILES string of the molecule is Cc1ccc(/C=C/c2nc(SCCOc3ccc(Cl)cc3Cl)n[nH]2)o1. The number of aromatic nitrogens is 3. The molecule has 0 aliphatic heterocycles. The van der Waals surface area contributed by atoms with Crippen LogP contribution in [0.5, 0.6) is 5.75 Å². The average molecular weight is 396 g/mol. The van der Waals surface area contributed by atoms with Crippen molar-refractivity contribution in [2.45, 2.75) is 12.1 Å². The summed E-state index contributed by atoms with van der Waals surface area (Å²) in [5.74, 6) is 3.61. The van der Waals surface area contributed by atoms with Gasteiger partial charge < -0.3 is 9.15 Å². The molecule has 0 saturated heterocycles. The van der Waals surface area contributed by atoms with Crippen LogP contribution < -0.4 is 4.74 Å². The maximum atomic E-state index is 6.05. The molecule has 130 valence electrons. The molecule has 0 amide bonds. The molecular formula is C17H15Cl2N3O2S. The van der Waals surface area contributed by atoms with E-state index >= 15 is 0 Å². The number of hydrogen-bond acceptors (Lipinski definition) is 5. The van der Waals surface area contributed by atoms with Gasteiger partial charge in [-0.25, -0.2) is 4.98 Å². The second-order valence-electron chi connectivity index (χ2n) is 5.06. The standard InChI is InChI=1S/C17H15Cl2N3O2S/c1-11-2-4-13(24-11)5-7-16-20-17(22-21-16)25-9-8-23-15-6-3-12(18)10-14(15)19/h2-7,10H,8-9H2,1H3,(H,20,21,22)/b7-5+. The van der Waals surface area contributed by atoms with E-state index in [0.717, 1.165) is 11.5 Å². The van der Waals surface area contributed by atoms with Gasteiger partial charge in [-0.3, -0.25) is 5.10 Å².